The third-order valence-corrected chi connectivity index (χ3v) is 2.91. The zero-order valence-corrected chi connectivity index (χ0v) is 9.30. The van der Waals surface area contributed by atoms with Crippen LogP contribution >= 0.6 is 0 Å². The molecule has 0 saturated carbocycles. The molecule has 0 radical (unpaired) electrons. The predicted octanol–water partition coefficient (Wildman–Crippen LogP) is 0.118. The van der Waals surface area contributed by atoms with Gasteiger partial charge in [0.2, 0.25) is 5.91 Å². The zero-order valence-electron chi connectivity index (χ0n) is 9.30. The first-order valence-electron chi connectivity index (χ1n) is 5.41. The second-order valence-corrected chi connectivity index (χ2v) is 4.45. The Bertz CT molecular complexity index is 243. The minimum Gasteiger partial charge on any atom is -0.385 e. The maximum Gasteiger partial charge on any atom is 0.265 e. The molecule has 0 aliphatic carbocycles. The largest absolute Gasteiger partial charge is 0.385 e. The Hall–Kier alpha value is -0.750. The van der Waals surface area contributed by atoms with Crippen molar-refractivity contribution >= 4 is 5.91 Å². The van der Waals surface area contributed by atoms with Crippen LogP contribution in [0.1, 0.15) is 19.8 Å². The van der Waals surface area contributed by atoms with Crippen LogP contribution in [-0.2, 0) is 4.79 Å². The SMILES string of the molecule is CC1(C(=O)NCC(O)C(F)F)CCCNC1. The van der Waals surface area contributed by atoms with E-state index < -0.39 is 24.5 Å². The van der Waals surface area contributed by atoms with Crippen LogP contribution in [0.3, 0.4) is 0 Å². The molecule has 0 aromatic rings. The van der Waals surface area contributed by atoms with Crippen LogP contribution < -0.4 is 10.6 Å². The van der Waals surface area contributed by atoms with Gasteiger partial charge in [0.15, 0.2) is 0 Å². The summed E-state index contributed by atoms with van der Waals surface area (Å²) in [6, 6.07) is 0. The fourth-order valence-corrected chi connectivity index (χ4v) is 1.75. The molecule has 1 heterocycles. The molecule has 6 heteroatoms. The Balaban J connectivity index is 2.39. The summed E-state index contributed by atoms with van der Waals surface area (Å²) in [5, 5.41) is 14.3. The van der Waals surface area contributed by atoms with Gasteiger partial charge in [0.1, 0.15) is 6.10 Å². The van der Waals surface area contributed by atoms with Crippen LogP contribution in [0.4, 0.5) is 8.78 Å². The van der Waals surface area contributed by atoms with Crippen LogP contribution in [0, 0.1) is 5.41 Å². The molecule has 4 nitrogen and oxygen atoms in total. The third kappa shape index (κ3) is 3.38. The fraction of sp³-hybridized carbons (Fsp3) is 0.900. The molecule has 16 heavy (non-hydrogen) atoms. The number of amides is 1. The molecule has 0 aromatic carbocycles. The normalized spacial score (nSPS) is 27.8. The summed E-state index contributed by atoms with van der Waals surface area (Å²) in [6.45, 7) is 2.82. The second kappa shape index (κ2) is 5.54. The molecule has 3 N–H and O–H groups in total. The molecule has 1 rings (SSSR count). The summed E-state index contributed by atoms with van der Waals surface area (Å²) < 4.78 is 24.0. The minimum absolute atomic E-state index is 0.278. The van der Waals surface area contributed by atoms with Crippen molar-refractivity contribution in [3.8, 4) is 0 Å². The number of rotatable bonds is 4. The first kappa shape index (κ1) is 13.3. The van der Waals surface area contributed by atoms with Crippen LogP contribution in [-0.4, -0.2) is 43.2 Å². The molecule has 1 aliphatic heterocycles. The first-order chi connectivity index (χ1) is 7.46. The molecular weight excluding hydrogens is 218 g/mol. The number of halogens is 2. The zero-order chi connectivity index (χ0) is 12.2. The van der Waals surface area contributed by atoms with E-state index in [0.717, 1.165) is 19.4 Å². The predicted molar refractivity (Wildman–Crippen MR) is 55.2 cm³/mol. The van der Waals surface area contributed by atoms with Crippen LogP contribution in [0.2, 0.25) is 0 Å². The molecule has 0 spiro atoms. The maximum absolute atomic E-state index is 12.0. The Kier molecular flexibility index (Phi) is 4.61. The van der Waals surface area contributed by atoms with Gasteiger partial charge in [-0.25, -0.2) is 8.78 Å². The van der Waals surface area contributed by atoms with E-state index in [9.17, 15) is 13.6 Å². The molecule has 1 fully saturated rings. The van der Waals surface area contributed by atoms with E-state index in [0.29, 0.717) is 6.54 Å². The molecule has 2 atom stereocenters. The molecule has 0 aromatic heterocycles. The highest BCUT2D eigenvalue weighted by Crippen LogP contribution is 2.25. The number of carbonyl (C=O) groups excluding carboxylic acids is 1. The highest BCUT2D eigenvalue weighted by Gasteiger charge is 2.34. The molecule has 2 unspecified atom stereocenters. The van der Waals surface area contributed by atoms with Gasteiger partial charge in [-0.05, 0) is 26.3 Å². The number of hydrogen-bond donors (Lipinski definition) is 3. The molecule has 0 bridgehead atoms. The fourth-order valence-electron chi connectivity index (χ4n) is 1.75. The van der Waals surface area contributed by atoms with E-state index in [1.165, 1.54) is 0 Å². The summed E-state index contributed by atoms with van der Waals surface area (Å²) in [5.41, 5.74) is -0.555. The Morgan fingerprint density at radius 3 is 2.81 bits per heavy atom. The van der Waals surface area contributed by atoms with Gasteiger partial charge in [-0.1, -0.05) is 0 Å². The van der Waals surface area contributed by atoms with Gasteiger partial charge >= 0.3 is 0 Å². The Morgan fingerprint density at radius 2 is 2.31 bits per heavy atom. The maximum atomic E-state index is 12.0. The summed E-state index contributed by atoms with van der Waals surface area (Å²) in [6.07, 6.45) is -2.99. The number of carbonyl (C=O) groups is 1. The highest BCUT2D eigenvalue weighted by molar-refractivity contribution is 5.82. The Morgan fingerprint density at radius 1 is 1.62 bits per heavy atom. The van der Waals surface area contributed by atoms with Gasteiger partial charge in [-0.15, -0.1) is 0 Å². The number of aliphatic hydroxyl groups is 1. The van der Waals surface area contributed by atoms with Crippen molar-refractivity contribution in [2.45, 2.75) is 32.3 Å². The molecule has 1 saturated heterocycles. The van der Waals surface area contributed by atoms with Crippen LogP contribution in [0.15, 0.2) is 0 Å². The number of hydrogen-bond acceptors (Lipinski definition) is 3. The van der Waals surface area contributed by atoms with Gasteiger partial charge in [-0.3, -0.25) is 4.79 Å². The van der Waals surface area contributed by atoms with Crippen molar-refractivity contribution in [1.82, 2.24) is 10.6 Å². The smallest absolute Gasteiger partial charge is 0.265 e. The third-order valence-electron chi connectivity index (χ3n) is 2.91. The summed E-state index contributed by atoms with van der Waals surface area (Å²) in [4.78, 5) is 11.7. The topological polar surface area (TPSA) is 61.4 Å². The average molecular weight is 236 g/mol. The lowest BCUT2D eigenvalue weighted by Gasteiger charge is -2.32. The van der Waals surface area contributed by atoms with E-state index in [-0.39, 0.29) is 5.91 Å². The monoisotopic (exact) mass is 236 g/mol. The Labute approximate surface area is 93.4 Å². The van der Waals surface area contributed by atoms with Crippen molar-refractivity contribution in [2.24, 2.45) is 5.41 Å². The minimum atomic E-state index is -2.82. The molecule has 1 aliphatic rings. The summed E-state index contributed by atoms with van der Waals surface area (Å²) in [5.74, 6) is -0.278. The van der Waals surface area contributed by atoms with Crippen molar-refractivity contribution < 1.29 is 18.7 Å². The summed E-state index contributed by atoms with van der Waals surface area (Å²) >= 11 is 0. The van der Waals surface area contributed by atoms with E-state index in [2.05, 4.69) is 10.6 Å². The van der Waals surface area contributed by atoms with Crippen LogP contribution in [0.25, 0.3) is 0 Å². The van der Waals surface area contributed by atoms with Gasteiger partial charge in [0, 0.05) is 13.1 Å². The van der Waals surface area contributed by atoms with Gasteiger partial charge in [0.25, 0.3) is 6.43 Å². The molecular formula is C10H18F2N2O2. The van der Waals surface area contributed by atoms with E-state index in [1.807, 2.05) is 0 Å². The van der Waals surface area contributed by atoms with E-state index in [4.69, 9.17) is 5.11 Å². The lowest BCUT2D eigenvalue weighted by atomic mass is 9.82. The number of aliphatic hydroxyl groups excluding tert-OH is 1. The highest BCUT2D eigenvalue weighted by atomic mass is 19.3. The van der Waals surface area contributed by atoms with Crippen molar-refractivity contribution in [1.29, 1.82) is 0 Å². The van der Waals surface area contributed by atoms with Crippen LogP contribution in [0.5, 0.6) is 0 Å². The second-order valence-electron chi connectivity index (χ2n) is 4.45. The van der Waals surface area contributed by atoms with Gasteiger partial charge in [-0.2, -0.15) is 0 Å². The van der Waals surface area contributed by atoms with Crippen molar-refractivity contribution in [2.75, 3.05) is 19.6 Å². The number of piperidine rings is 1. The lowest BCUT2D eigenvalue weighted by molar-refractivity contribution is -0.132. The van der Waals surface area contributed by atoms with Crippen molar-refractivity contribution in [3.63, 3.8) is 0 Å². The standard InChI is InChI=1S/C10H18F2N2O2/c1-10(3-2-4-13-6-10)9(16)14-5-7(15)8(11)12/h7-8,13,15H,2-6H2,1H3,(H,14,16). The van der Waals surface area contributed by atoms with Gasteiger partial charge < -0.3 is 15.7 Å². The van der Waals surface area contributed by atoms with Gasteiger partial charge in [0.05, 0.1) is 5.41 Å². The average Bonchev–Trinajstić information content (AvgIpc) is 2.26. The summed E-state index contributed by atoms with van der Waals surface area (Å²) in [7, 11) is 0. The van der Waals surface area contributed by atoms with Crippen molar-refractivity contribution in [3.05, 3.63) is 0 Å². The van der Waals surface area contributed by atoms with E-state index in [1.54, 1.807) is 6.92 Å². The first-order valence-corrected chi connectivity index (χ1v) is 5.41. The number of alkyl halides is 2. The number of nitrogens with one attached hydrogen (secondary N) is 2. The lowest BCUT2D eigenvalue weighted by Crippen LogP contribution is -2.50. The quantitative estimate of drug-likeness (QED) is 0.649. The molecule has 94 valence electrons. The molecule has 1 amide bonds. The van der Waals surface area contributed by atoms with E-state index >= 15 is 0 Å².